The van der Waals surface area contributed by atoms with Gasteiger partial charge in [-0.05, 0) is 49.6 Å². The lowest BCUT2D eigenvalue weighted by atomic mass is 10.1. The van der Waals surface area contributed by atoms with Gasteiger partial charge in [-0.1, -0.05) is 46.3 Å². The molecule has 1 atom stereocenters. The summed E-state index contributed by atoms with van der Waals surface area (Å²) in [6.45, 7) is 1.38. The first-order valence-electron chi connectivity index (χ1n) is 8.40. The monoisotopic (exact) mass is 419 g/mol. The predicted octanol–water partition coefficient (Wildman–Crippen LogP) is 3.51. The van der Waals surface area contributed by atoms with Crippen LogP contribution in [-0.4, -0.2) is 31.1 Å². The summed E-state index contributed by atoms with van der Waals surface area (Å²) in [6, 6.07) is 17.2. The minimum absolute atomic E-state index is 0.000392. The van der Waals surface area contributed by atoms with Gasteiger partial charge >= 0.3 is 5.97 Å². The molecule has 1 amide bonds. The SMILES string of the molecule is C[C@H](CCc1ccccc1)NC(=O)COC(=O)COc1ccc(Br)cc1. The van der Waals surface area contributed by atoms with Gasteiger partial charge in [0.15, 0.2) is 13.2 Å². The maximum Gasteiger partial charge on any atom is 0.344 e. The molecule has 0 aromatic heterocycles. The molecule has 2 aromatic rings. The molecule has 0 aliphatic heterocycles. The summed E-state index contributed by atoms with van der Waals surface area (Å²) in [5.74, 6) is -0.341. The van der Waals surface area contributed by atoms with Crippen molar-refractivity contribution in [2.45, 2.75) is 25.8 Å². The summed E-state index contributed by atoms with van der Waals surface area (Å²) >= 11 is 3.32. The van der Waals surface area contributed by atoms with E-state index in [4.69, 9.17) is 9.47 Å². The van der Waals surface area contributed by atoms with Crippen LogP contribution in [0.4, 0.5) is 0 Å². The summed E-state index contributed by atoms with van der Waals surface area (Å²) in [7, 11) is 0. The number of rotatable bonds is 9. The first-order chi connectivity index (χ1) is 12.5. The van der Waals surface area contributed by atoms with E-state index in [2.05, 4.69) is 33.4 Å². The number of carbonyl (C=O) groups is 2. The second-order valence-electron chi connectivity index (χ2n) is 5.90. The highest BCUT2D eigenvalue weighted by molar-refractivity contribution is 9.10. The Balaban J connectivity index is 1.61. The predicted molar refractivity (Wildman–Crippen MR) is 103 cm³/mol. The molecule has 0 saturated carbocycles. The number of aryl methyl sites for hydroxylation is 1. The quantitative estimate of drug-likeness (QED) is 0.631. The van der Waals surface area contributed by atoms with Crippen molar-refractivity contribution in [2.75, 3.05) is 13.2 Å². The van der Waals surface area contributed by atoms with Crippen molar-refractivity contribution in [3.8, 4) is 5.75 Å². The molecule has 0 saturated heterocycles. The first kappa shape index (κ1) is 20.0. The van der Waals surface area contributed by atoms with Crippen LogP contribution in [-0.2, 0) is 20.7 Å². The summed E-state index contributed by atoms with van der Waals surface area (Å²) in [5, 5.41) is 2.82. The van der Waals surface area contributed by atoms with Gasteiger partial charge in [0.05, 0.1) is 0 Å². The minimum Gasteiger partial charge on any atom is -0.482 e. The molecule has 0 unspecified atom stereocenters. The fourth-order valence-corrected chi connectivity index (χ4v) is 2.54. The van der Waals surface area contributed by atoms with Gasteiger partial charge in [-0.2, -0.15) is 0 Å². The van der Waals surface area contributed by atoms with Crippen molar-refractivity contribution in [2.24, 2.45) is 0 Å². The van der Waals surface area contributed by atoms with E-state index in [0.29, 0.717) is 5.75 Å². The molecule has 0 radical (unpaired) electrons. The highest BCUT2D eigenvalue weighted by Crippen LogP contribution is 2.15. The zero-order valence-corrected chi connectivity index (χ0v) is 16.2. The molecule has 0 bridgehead atoms. The van der Waals surface area contributed by atoms with Gasteiger partial charge in [0.1, 0.15) is 5.75 Å². The zero-order chi connectivity index (χ0) is 18.8. The number of esters is 1. The average Bonchev–Trinajstić information content (AvgIpc) is 2.65. The van der Waals surface area contributed by atoms with Crippen LogP contribution in [0.3, 0.4) is 0 Å². The van der Waals surface area contributed by atoms with Crippen LogP contribution >= 0.6 is 15.9 Å². The first-order valence-corrected chi connectivity index (χ1v) is 9.19. The van der Waals surface area contributed by atoms with E-state index in [-0.39, 0.29) is 25.2 Å². The lowest BCUT2D eigenvalue weighted by Gasteiger charge is -2.14. The second kappa shape index (κ2) is 10.6. The van der Waals surface area contributed by atoms with Gasteiger partial charge in [0.2, 0.25) is 0 Å². The van der Waals surface area contributed by atoms with Crippen molar-refractivity contribution < 1.29 is 19.1 Å². The third-order valence-electron chi connectivity index (χ3n) is 3.65. The van der Waals surface area contributed by atoms with E-state index in [0.717, 1.165) is 17.3 Å². The third-order valence-corrected chi connectivity index (χ3v) is 4.18. The Labute approximate surface area is 161 Å². The van der Waals surface area contributed by atoms with Gasteiger partial charge < -0.3 is 14.8 Å². The average molecular weight is 420 g/mol. The Morgan fingerprint density at radius 2 is 1.73 bits per heavy atom. The smallest absolute Gasteiger partial charge is 0.344 e. The Bertz CT molecular complexity index is 704. The molecule has 0 spiro atoms. The molecule has 2 aromatic carbocycles. The van der Waals surface area contributed by atoms with Crippen LogP contribution < -0.4 is 10.1 Å². The highest BCUT2D eigenvalue weighted by Gasteiger charge is 2.11. The Morgan fingerprint density at radius 1 is 1.04 bits per heavy atom. The fraction of sp³-hybridized carbons (Fsp3) is 0.300. The van der Waals surface area contributed by atoms with E-state index >= 15 is 0 Å². The molecular weight excluding hydrogens is 398 g/mol. The summed E-state index contributed by atoms with van der Waals surface area (Å²) < 4.78 is 11.1. The zero-order valence-electron chi connectivity index (χ0n) is 14.6. The number of halogens is 1. The normalized spacial score (nSPS) is 11.5. The Kier molecular flexibility index (Phi) is 8.15. The minimum atomic E-state index is -0.583. The van der Waals surface area contributed by atoms with E-state index in [1.165, 1.54) is 5.56 Å². The number of benzene rings is 2. The topological polar surface area (TPSA) is 64.6 Å². The van der Waals surface area contributed by atoms with Crippen molar-refractivity contribution >= 4 is 27.8 Å². The van der Waals surface area contributed by atoms with Crippen LogP contribution in [0.2, 0.25) is 0 Å². The molecule has 6 heteroatoms. The number of hydrogen-bond donors (Lipinski definition) is 1. The van der Waals surface area contributed by atoms with Crippen molar-refractivity contribution in [1.82, 2.24) is 5.32 Å². The van der Waals surface area contributed by atoms with E-state index < -0.39 is 5.97 Å². The number of nitrogens with one attached hydrogen (secondary N) is 1. The molecule has 138 valence electrons. The van der Waals surface area contributed by atoms with Crippen LogP contribution in [0, 0.1) is 0 Å². The Hall–Kier alpha value is -2.34. The van der Waals surface area contributed by atoms with Gasteiger partial charge in [-0.3, -0.25) is 4.79 Å². The maximum absolute atomic E-state index is 11.8. The summed E-state index contributed by atoms with van der Waals surface area (Å²) in [6.07, 6.45) is 1.69. The van der Waals surface area contributed by atoms with Crippen molar-refractivity contribution in [3.05, 3.63) is 64.6 Å². The number of amides is 1. The van der Waals surface area contributed by atoms with Crippen LogP contribution in [0.1, 0.15) is 18.9 Å². The van der Waals surface area contributed by atoms with Gasteiger partial charge in [0, 0.05) is 10.5 Å². The number of carbonyl (C=O) groups excluding carboxylic acids is 2. The van der Waals surface area contributed by atoms with Crippen molar-refractivity contribution in [3.63, 3.8) is 0 Å². The molecule has 0 aliphatic rings. The van der Waals surface area contributed by atoms with E-state index in [9.17, 15) is 9.59 Å². The lowest BCUT2D eigenvalue weighted by Crippen LogP contribution is -2.36. The van der Waals surface area contributed by atoms with Crippen molar-refractivity contribution in [1.29, 1.82) is 0 Å². The molecular formula is C20H22BrNO4. The molecule has 0 aliphatic carbocycles. The fourth-order valence-electron chi connectivity index (χ4n) is 2.28. The molecule has 5 nitrogen and oxygen atoms in total. The van der Waals surface area contributed by atoms with Gasteiger partial charge in [0.25, 0.3) is 5.91 Å². The number of ether oxygens (including phenoxy) is 2. The van der Waals surface area contributed by atoms with Crippen LogP contribution in [0.5, 0.6) is 5.75 Å². The summed E-state index contributed by atoms with van der Waals surface area (Å²) in [4.78, 5) is 23.5. The molecule has 0 heterocycles. The van der Waals surface area contributed by atoms with Crippen LogP contribution in [0.15, 0.2) is 59.1 Å². The van der Waals surface area contributed by atoms with Gasteiger partial charge in [-0.15, -0.1) is 0 Å². The Morgan fingerprint density at radius 3 is 2.42 bits per heavy atom. The van der Waals surface area contributed by atoms with E-state index in [1.807, 2.05) is 37.3 Å². The lowest BCUT2D eigenvalue weighted by molar-refractivity contribution is -0.150. The maximum atomic E-state index is 11.8. The number of hydrogen-bond acceptors (Lipinski definition) is 4. The molecule has 26 heavy (non-hydrogen) atoms. The highest BCUT2D eigenvalue weighted by atomic mass is 79.9. The summed E-state index contributed by atoms with van der Waals surface area (Å²) in [5.41, 5.74) is 1.23. The molecule has 2 rings (SSSR count). The standard InChI is InChI=1S/C20H22BrNO4/c1-15(7-8-16-5-3-2-4-6-16)22-19(23)13-26-20(24)14-25-18-11-9-17(21)10-12-18/h2-6,9-12,15H,7-8,13-14H2,1H3,(H,22,23)/t15-/m1/s1. The second-order valence-corrected chi connectivity index (χ2v) is 6.81. The molecule has 1 N–H and O–H groups in total. The third kappa shape index (κ3) is 7.70. The van der Waals surface area contributed by atoms with E-state index in [1.54, 1.807) is 12.1 Å². The van der Waals surface area contributed by atoms with Crippen LogP contribution in [0.25, 0.3) is 0 Å². The van der Waals surface area contributed by atoms with Gasteiger partial charge in [-0.25, -0.2) is 4.79 Å². The largest absolute Gasteiger partial charge is 0.482 e. The molecule has 0 fully saturated rings.